The van der Waals surface area contributed by atoms with Gasteiger partial charge in [0.2, 0.25) is 5.91 Å². The van der Waals surface area contributed by atoms with Gasteiger partial charge in [0.1, 0.15) is 12.4 Å². The minimum atomic E-state index is 0.222. The maximum Gasteiger partial charge on any atom is 0.236 e. The first-order valence-electron chi connectivity index (χ1n) is 7.57. The number of nitrogens with two attached hydrogens (primary N) is 1. The van der Waals surface area contributed by atoms with Crippen molar-refractivity contribution in [2.75, 3.05) is 39.8 Å². The summed E-state index contributed by atoms with van der Waals surface area (Å²) >= 11 is 0. The molecule has 0 aromatic heterocycles. The second-order valence-electron chi connectivity index (χ2n) is 5.53. The Bertz CT molecular complexity index is 459. The van der Waals surface area contributed by atoms with Crippen molar-refractivity contribution in [1.29, 1.82) is 0 Å². The first-order valence-corrected chi connectivity index (χ1v) is 7.57. The minimum absolute atomic E-state index is 0.222. The third-order valence-electron chi connectivity index (χ3n) is 3.74. The molecule has 0 saturated carbocycles. The van der Waals surface area contributed by atoms with Crippen LogP contribution in [0.15, 0.2) is 24.3 Å². The quantitative estimate of drug-likeness (QED) is 0.816. The minimum Gasteiger partial charge on any atom is -0.492 e. The molecule has 116 valence electrons. The molecule has 0 bridgehead atoms. The Morgan fingerprint density at radius 1 is 1.38 bits per heavy atom. The molecular weight excluding hydrogens is 266 g/mol. The second kappa shape index (κ2) is 8.00. The van der Waals surface area contributed by atoms with Crippen molar-refractivity contribution in [1.82, 2.24) is 9.80 Å². The van der Waals surface area contributed by atoms with E-state index in [2.05, 4.69) is 0 Å². The Labute approximate surface area is 126 Å². The molecule has 0 spiro atoms. The summed E-state index contributed by atoms with van der Waals surface area (Å²) in [5.41, 5.74) is 6.66. The zero-order chi connectivity index (χ0) is 15.1. The van der Waals surface area contributed by atoms with Crippen LogP contribution in [0.25, 0.3) is 0 Å². The van der Waals surface area contributed by atoms with Gasteiger partial charge in [-0.3, -0.25) is 9.69 Å². The number of hydrogen-bond acceptors (Lipinski definition) is 4. The van der Waals surface area contributed by atoms with E-state index in [9.17, 15) is 4.79 Å². The lowest BCUT2D eigenvalue weighted by Gasteiger charge is -2.21. The van der Waals surface area contributed by atoms with Crippen molar-refractivity contribution >= 4 is 5.91 Å². The molecule has 2 rings (SSSR count). The number of hydrogen-bond donors (Lipinski definition) is 1. The van der Waals surface area contributed by atoms with E-state index in [-0.39, 0.29) is 5.91 Å². The molecule has 0 aliphatic carbocycles. The molecule has 0 unspecified atom stereocenters. The lowest BCUT2D eigenvalue weighted by Crippen LogP contribution is -2.38. The van der Waals surface area contributed by atoms with Crippen LogP contribution in [-0.2, 0) is 11.3 Å². The van der Waals surface area contributed by atoms with Gasteiger partial charge in [0, 0.05) is 26.2 Å². The van der Waals surface area contributed by atoms with E-state index in [1.807, 2.05) is 41.1 Å². The molecule has 1 aromatic rings. The molecule has 0 atom stereocenters. The van der Waals surface area contributed by atoms with Crippen molar-refractivity contribution in [2.24, 2.45) is 5.73 Å². The number of likely N-dealkylation sites (N-methyl/N-ethyl adjacent to an activating group) is 1. The van der Waals surface area contributed by atoms with E-state index in [0.717, 1.165) is 43.8 Å². The van der Waals surface area contributed by atoms with Crippen LogP contribution < -0.4 is 10.5 Å². The largest absolute Gasteiger partial charge is 0.492 e. The van der Waals surface area contributed by atoms with Gasteiger partial charge in [0.15, 0.2) is 0 Å². The van der Waals surface area contributed by atoms with Crippen molar-refractivity contribution in [3.63, 3.8) is 0 Å². The summed E-state index contributed by atoms with van der Waals surface area (Å²) in [4.78, 5) is 16.0. The summed E-state index contributed by atoms with van der Waals surface area (Å²) in [6.07, 6.45) is 2.27. The standard InChI is InChI=1S/C16H25N3O2/c1-18(13-16(20)19-7-2-3-8-19)9-10-21-15-6-4-5-14(11-15)12-17/h4-6,11H,2-3,7-10,12-13,17H2,1H3. The molecule has 5 nitrogen and oxygen atoms in total. The van der Waals surface area contributed by atoms with Crippen LogP contribution in [0.3, 0.4) is 0 Å². The van der Waals surface area contributed by atoms with Crippen molar-refractivity contribution in [2.45, 2.75) is 19.4 Å². The molecule has 1 fully saturated rings. The Kier molecular flexibility index (Phi) is 6.02. The lowest BCUT2D eigenvalue weighted by molar-refractivity contribution is -0.131. The van der Waals surface area contributed by atoms with E-state index in [4.69, 9.17) is 10.5 Å². The Morgan fingerprint density at radius 2 is 2.14 bits per heavy atom. The van der Waals surface area contributed by atoms with Crippen LogP contribution in [-0.4, -0.2) is 55.5 Å². The number of amides is 1. The molecular formula is C16H25N3O2. The van der Waals surface area contributed by atoms with Crippen LogP contribution in [0.5, 0.6) is 5.75 Å². The fraction of sp³-hybridized carbons (Fsp3) is 0.562. The van der Waals surface area contributed by atoms with Crippen LogP contribution >= 0.6 is 0 Å². The highest BCUT2D eigenvalue weighted by molar-refractivity contribution is 5.78. The fourth-order valence-corrected chi connectivity index (χ4v) is 2.46. The van der Waals surface area contributed by atoms with Gasteiger partial charge >= 0.3 is 0 Å². The molecule has 1 heterocycles. The van der Waals surface area contributed by atoms with Crippen LogP contribution in [0, 0.1) is 0 Å². The number of likely N-dealkylation sites (tertiary alicyclic amines) is 1. The van der Waals surface area contributed by atoms with Gasteiger partial charge in [0.25, 0.3) is 0 Å². The molecule has 5 heteroatoms. The summed E-state index contributed by atoms with van der Waals surface area (Å²) < 4.78 is 5.70. The fourth-order valence-electron chi connectivity index (χ4n) is 2.46. The molecule has 21 heavy (non-hydrogen) atoms. The SMILES string of the molecule is CN(CCOc1cccc(CN)c1)CC(=O)N1CCCC1. The molecule has 2 N–H and O–H groups in total. The zero-order valence-electron chi connectivity index (χ0n) is 12.8. The van der Waals surface area contributed by atoms with Crippen LogP contribution in [0.4, 0.5) is 0 Å². The molecule has 0 radical (unpaired) electrons. The van der Waals surface area contributed by atoms with E-state index in [0.29, 0.717) is 19.7 Å². The normalized spacial score (nSPS) is 14.7. The van der Waals surface area contributed by atoms with Crippen LogP contribution in [0.2, 0.25) is 0 Å². The zero-order valence-corrected chi connectivity index (χ0v) is 12.8. The molecule has 1 amide bonds. The highest BCUT2D eigenvalue weighted by atomic mass is 16.5. The smallest absolute Gasteiger partial charge is 0.236 e. The second-order valence-corrected chi connectivity index (χ2v) is 5.53. The summed E-state index contributed by atoms with van der Waals surface area (Å²) in [6.45, 7) is 4.10. The Morgan fingerprint density at radius 3 is 2.86 bits per heavy atom. The number of ether oxygens (including phenoxy) is 1. The first kappa shape index (κ1) is 15.8. The van der Waals surface area contributed by atoms with Gasteiger partial charge in [-0.05, 0) is 37.6 Å². The van der Waals surface area contributed by atoms with Gasteiger partial charge in [-0.2, -0.15) is 0 Å². The third-order valence-corrected chi connectivity index (χ3v) is 3.74. The molecule has 1 aromatic carbocycles. The van der Waals surface area contributed by atoms with Gasteiger partial charge < -0.3 is 15.4 Å². The number of rotatable bonds is 7. The number of benzene rings is 1. The summed E-state index contributed by atoms with van der Waals surface area (Å²) in [5, 5.41) is 0. The summed E-state index contributed by atoms with van der Waals surface area (Å²) in [6, 6.07) is 7.80. The van der Waals surface area contributed by atoms with Gasteiger partial charge in [0.05, 0.1) is 6.54 Å². The van der Waals surface area contributed by atoms with Crippen molar-refractivity contribution < 1.29 is 9.53 Å². The molecule has 1 saturated heterocycles. The average molecular weight is 291 g/mol. The number of nitrogens with zero attached hydrogens (tertiary/aromatic N) is 2. The predicted octanol–water partition coefficient (Wildman–Crippen LogP) is 1.08. The van der Waals surface area contributed by atoms with Crippen molar-refractivity contribution in [3.05, 3.63) is 29.8 Å². The van der Waals surface area contributed by atoms with Crippen molar-refractivity contribution in [3.8, 4) is 5.75 Å². The highest BCUT2D eigenvalue weighted by Gasteiger charge is 2.18. The van der Waals surface area contributed by atoms with E-state index in [1.54, 1.807) is 0 Å². The van der Waals surface area contributed by atoms with E-state index < -0.39 is 0 Å². The average Bonchev–Trinajstić information content (AvgIpc) is 3.02. The Hall–Kier alpha value is -1.59. The first-order chi connectivity index (χ1) is 10.2. The van der Waals surface area contributed by atoms with E-state index >= 15 is 0 Å². The predicted molar refractivity (Wildman–Crippen MR) is 83.1 cm³/mol. The highest BCUT2D eigenvalue weighted by Crippen LogP contribution is 2.12. The molecule has 1 aliphatic heterocycles. The van der Waals surface area contributed by atoms with Gasteiger partial charge in [-0.25, -0.2) is 0 Å². The number of carbonyl (C=O) groups is 1. The van der Waals surface area contributed by atoms with Gasteiger partial charge in [-0.1, -0.05) is 12.1 Å². The van der Waals surface area contributed by atoms with E-state index in [1.165, 1.54) is 0 Å². The monoisotopic (exact) mass is 291 g/mol. The lowest BCUT2D eigenvalue weighted by atomic mass is 10.2. The topological polar surface area (TPSA) is 58.8 Å². The maximum atomic E-state index is 12.0. The molecule has 1 aliphatic rings. The number of carbonyl (C=O) groups excluding carboxylic acids is 1. The maximum absolute atomic E-state index is 12.0. The summed E-state index contributed by atoms with van der Waals surface area (Å²) in [7, 11) is 1.95. The van der Waals surface area contributed by atoms with Crippen LogP contribution in [0.1, 0.15) is 18.4 Å². The third kappa shape index (κ3) is 5.02. The van der Waals surface area contributed by atoms with Gasteiger partial charge in [-0.15, -0.1) is 0 Å². The Balaban J connectivity index is 1.68. The summed E-state index contributed by atoms with van der Waals surface area (Å²) in [5.74, 6) is 1.05.